The first-order valence-corrected chi connectivity index (χ1v) is 5.71. The van der Waals surface area contributed by atoms with E-state index in [1.54, 1.807) is 0 Å². The third kappa shape index (κ3) is 2.51. The van der Waals surface area contributed by atoms with Crippen LogP contribution in [0.5, 0.6) is 0 Å². The van der Waals surface area contributed by atoms with Crippen molar-refractivity contribution in [1.29, 1.82) is 0 Å². The first-order valence-electron chi connectivity index (χ1n) is 5.71. The topological polar surface area (TPSA) is 17.1 Å². The fraction of sp³-hybridized carbons (Fsp3) is 0.462. The summed E-state index contributed by atoms with van der Waals surface area (Å²) in [4.78, 5) is 10.6. The molecule has 17 heavy (non-hydrogen) atoms. The summed E-state index contributed by atoms with van der Waals surface area (Å²) >= 11 is 0. The molecule has 0 unspecified atom stereocenters. The lowest BCUT2D eigenvalue weighted by atomic mass is 9.79. The molecular weight excluding hydrogens is 229 g/mol. The quantitative estimate of drug-likeness (QED) is 0.572. The lowest BCUT2D eigenvalue weighted by molar-refractivity contribution is -0.111. The lowest BCUT2D eigenvalue weighted by Crippen LogP contribution is -2.15. The Balaban J connectivity index is 2.18. The number of hydrogen-bond acceptors (Lipinski definition) is 1. The summed E-state index contributed by atoms with van der Waals surface area (Å²) in [7, 11) is 0. The van der Waals surface area contributed by atoms with Crippen molar-refractivity contribution < 1.29 is 18.0 Å². The van der Waals surface area contributed by atoms with Gasteiger partial charge in [0.15, 0.2) is 11.6 Å². The van der Waals surface area contributed by atoms with Crippen molar-refractivity contribution in [2.75, 3.05) is 0 Å². The molecule has 1 aromatic carbocycles. The molecule has 0 atom stereocenters. The van der Waals surface area contributed by atoms with Crippen molar-refractivity contribution in [2.24, 2.45) is 5.92 Å². The first-order chi connectivity index (χ1) is 8.11. The summed E-state index contributed by atoms with van der Waals surface area (Å²) in [6.45, 7) is 0. The van der Waals surface area contributed by atoms with Crippen LogP contribution in [-0.2, 0) is 4.79 Å². The Morgan fingerprint density at radius 2 is 1.53 bits per heavy atom. The third-order valence-electron chi connectivity index (χ3n) is 3.44. The maximum absolute atomic E-state index is 13.5. The highest BCUT2D eigenvalue weighted by molar-refractivity contribution is 5.53. The van der Waals surface area contributed by atoms with Gasteiger partial charge in [0.25, 0.3) is 0 Å². The molecule has 1 aliphatic rings. The molecule has 0 saturated heterocycles. The summed E-state index contributed by atoms with van der Waals surface area (Å²) < 4.78 is 39.4. The molecule has 0 heterocycles. The average Bonchev–Trinajstić information content (AvgIpc) is 2.34. The van der Waals surface area contributed by atoms with Crippen molar-refractivity contribution in [3.63, 3.8) is 0 Å². The number of aldehydes is 1. The van der Waals surface area contributed by atoms with Crippen LogP contribution in [-0.4, -0.2) is 6.29 Å². The number of carbonyl (C=O) groups excluding carboxylic acids is 1. The van der Waals surface area contributed by atoms with E-state index in [0.717, 1.165) is 12.4 Å². The molecule has 1 aromatic rings. The zero-order valence-corrected chi connectivity index (χ0v) is 9.26. The smallest absolute Gasteiger partial charge is 0.161 e. The zero-order chi connectivity index (χ0) is 12.4. The molecule has 2 rings (SSSR count). The molecule has 1 aliphatic carbocycles. The summed E-state index contributed by atoms with van der Waals surface area (Å²) in [6.07, 6.45) is 3.58. The lowest BCUT2D eigenvalue weighted by Gasteiger charge is -2.26. The van der Waals surface area contributed by atoms with E-state index in [4.69, 9.17) is 0 Å². The van der Waals surface area contributed by atoms with Crippen LogP contribution >= 0.6 is 0 Å². The van der Waals surface area contributed by atoms with Gasteiger partial charge in [-0.05, 0) is 43.2 Å². The molecule has 1 nitrogen and oxygen atoms in total. The number of hydrogen-bond donors (Lipinski definition) is 0. The van der Waals surface area contributed by atoms with Gasteiger partial charge in [0, 0.05) is 12.0 Å². The van der Waals surface area contributed by atoms with Gasteiger partial charge >= 0.3 is 0 Å². The van der Waals surface area contributed by atoms with E-state index in [2.05, 4.69) is 0 Å². The van der Waals surface area contributed by atoms with Crippen molar-refractivity contribution in [3.05, 3.63) is 35.1 Å². The van der Waals surface area contributed by atoms with E-state index in [9.17, 15) is 18.0 Å². The first kappa shape index (κ1) is 12.1. The van der Waals surface area contributed by atoms with E-state index < -0.39 is 17.5 Å². The van der Waals surface area contributed by atoms with Crippen LogP contribution in [0.1, 0.15) is 37.2 Å². The summed E-state index contributed by atoms with van der Waals surface area (Å²) in [5, 5.41) is 0. The SMILES string of the molecule is O=CC1CCC(c2cc(F)c(F)cc2F)CC1. The highest BCUT2D eigenvalue weighted by Crippen LogP contribution is 2.36. The van der Waals surface area contributed by atoms with E-state index in [-0.39, 0.29) is 17.4 Å². The van der Waals surface area contributed by atoms with Gasteiger partial charge in [-0.25, -0.2) is 13.2 Å². The number of halogens is 3. The summed E-state index contributed by atoms with van der Waals surface area (Å²) in [5.41, 5.74) is 0.230. The maximum Gasteiger partial charge on any atom is 0.161 e. The predicted octanol–water partition coefficient (Wildman–Crippen LogP) is 3.58. The standard InChI is InChI=1S/C13H13F3O/c14-11-6-13(16)12(15)5-10(11)9-3-1-8(7-17)2-4-9/h5-9H,1-4H2. The molecule has 92 valence electrons. The monoisotopic (exact) mass is 242 g/mol. The van der Waals surface area contributed by atoms with Crippen LogP contribution in [0.25, 0.3) is 0 Å². The molecule has 0 aliphatic heterocycles. The Hall–Kier alpha value is -1.32. The molecule has 0 amide bonds. The van der Waals surface area contributed by atoms with E-state index >= 15 is 0 Å². The number of carbonyl (C=O) groups is 1. The Labute approximate surface area is 97.6 Å². The van der Waals surface area contributed by atoms with Gasteiger partial charge in [-0.15, -0.1) is 0 Å². The predicted molar refractivity (Wildman–Crippen MR) is 57.1 cm³/mol. The zero-order valence-electron chi connectivity index (χ0n) is 9.26. The molecule has 1 fully saturated rings. The van der Waals surface area contributed by atoms with Crippen LogP contribution in [0, 0.1) is 23.4 Å². The second-order valence-electron chi connectivity index (χ2n) is 4.54. The van der Waals surface area contributed by atoms with Crippen LogP contribution in [0.4, 0.5) is 13.2 Å². The third-order valence-corrected chi connectivity index (χ3v) is 3.44. The minimum absolute atomic E-state index is 0.0274. The largest absolute Gasteiger partial charge is 0.303 e. The van der Waals surface area contributed by atoms with Gasteiger partial charge in [-0.1, -0.05) is 0 Å². The van der Waals surface area contributed by atoms with Crippen molar-refractivity contribution >= 4 is 6.29 Å². The van der Waals surface area contributed by atoms with Crippen LogP contribution in [0.15, 0.2) is 12.1 Å². The van der Waals surface area contributed by atoms with E-state index in [0.29, 0.717) is 31.7 Å². The van der Waals surface area contributed by atoms with Crippen molar-refractivity contribution in [3.8, 4) is 0 Å². The summed E-state index contributed by atoms with van der Waals surface area (Å²) in [6, 6.07) is 1.53. The van der Waals surface area contributed by atoms with Crippen molar-refractivity contribution in [1.82, 2.24) is 0 Å². The molecule has 0 bridgehead atoms. The molecule has 0 aromatic heterocycles. The van der Waals surface area contributed by atoms with E-state index in [1.807, 2.05) is 0 Å². The summed E-state index contributed by atoms with van der Waals surface area (Å²) in [5.74, 6) is -2.95. The molecule has 4 heteroatoms. The fourth-order valence-corrected chi connectivity index (χ4v) is 2.42. The maximum atomic E-state index is 13.5. The Kier molecular flexibility index (Phi) is 3.50. The van der Waals surface area contributed by atoms with Crippen LogP contribution in [0.2, 0.25) is 0 Å². The Bertz CT molecular complexity index is 423. The molecule has 0 spiro atoms. The van der Waals surface area contributed by atoms with Gasteiger partial charge in [0.05, 0.1) is 0 Å². The fourth-order valence-electron chi connectivity index (χ4n) is 2.42. The van der Waals surface area contributed by atoms with Crippen LogP contribution < -0.4 is 0 Å². The van der Waals surface area contributed by atoms with Crippen molar-refractivity contribution in [2.45, 2.75) is 31.6 Å². The average molecular weight is 242 g/mol. The van der Waals surface area contributed by atoms with Gasteiger partial charge < -0.3 is 4.79 Å². The van der Waals surface area contributed by atoms with Gasteiger partial charge in [-0.2, -0.15) is 0 Å². The van der Waals surface area contributed by atoms with E-state index in [1.165, 1.54) is 0 Å². The molecule has 1 saturated carbocycles. The Morgan fingerprint density at radius 1 is 0.941 bits per heavy atom. The molecule has 0 radical (unpaired) electrons. The molecular formula is C13H13F3O. The second kappa shape index (κ2) is 4.90. The molecule has 0 N–H and O–H groups in total. The minimum Gasteiger partial charge on any atom is -0.303 e. The number of benzene rings is 1. The van der Waals surface area contributed by atoms with Gasteiger partial charge in [-0.3, -0.25) is 0 Å². The van der Waals surface area contributed by atoms with Gasteiger partial charge in [0.1, 0.15) is 12.1 Å². The normalized spacial score (nSPS) is 24.6. The van der Waals surface area contributed by atoms with Crippen LogP contribution in [0.3, 0.4) is 0 Å². The minimum atomic E-state index is -1.16. The number of rotatable bonds is 2. The highest BCUT2D eigenvalue weighted by atomic mass is 19.2. The highest BCUT2D eigenvalue weighted by Gasteiger charge is 2.25. The Morgan fingerprint density at radius 3 is 2.12 bits per heavy atom. The van der Waals surface area contributed by atoms with Gasteiger partial charge in [0.2, 0.25) is 0 Å². The second-order valence-corrected chi connectivity index (χ2v) is 4.54.